The first-order valence-corrected chi connectivity index (χ1v) is 5.64. The van der Waals surface area contributed by atoms with Crippen LogP contribution in [0.2, 0.25) is 0 Å². The van der Waals surface area contributed by atoms with E-state index in [0.717, 1.165) is 16.2 Å². The maximum Gasteiger partial charge on any atom is 0.192 e. The van der Waals surface area contributed by atoms with Crippen molar-refractivity contribution < 1.29 is 0 Å². The zero-order chi connectivity index (χ0) is 10.8. The van der Waals surface area contributed by atoms with Gasteiger partial charge in [-0.05, 0) is 12.1 Å². The van der Waals surface area contributed by atoms with Gasteiger partial charge in [0.1, 0.15) is 0 Å². The third-order valence-electron chi connectivity index (χ3n) is 2.25. The Kier molecular flexibility index (Phi) is 2.30. The topological polar surface area (TPSA) is 49.6 Å². The summed E-state index contributed by atoms with van der Waals surface area (Å²) in [5.74, 6) is 0.671. The number of aromatic nitrogens is 1. The number of nitrogens with zero attached hydrogens (tertiary/aromatic N) is 3. The number of nitrogens with one attached hydrogen (secondary N) is 1. The maximum absolute atomic E-state index is 4.46. The summed E-state index contributed by atoms with van der Waals surface area (Å²) in [6.45, 7) is 0. The highest BCUT2D eigenvalue weighted by molar-refractivity contribution is 7.97. The van der Waals surface area contributed by atoms with Crippen LogP contribution in [-0.2, 0) is 0 Å². The van der Waals surface area contributed by atoms with Gasteiger partial charge in [-0.2, -0.15) is 0 Å². The molecule has 3 rings (SSSR count). The molecule has 0 unspecified atom stereocenters. The summed E-state index contributed by atoms with van der Waals surface area (Å²) in [7, 11) is 0. The van der Waals surface area contributed by atoms with E-state index in [1.807, 2.05) is 42.5 Å². The Balaban J connectivity index is 2.08. The first-order valence-electron chi connectivity index (χ1n) is 4.82. The van der Waals surface area contributed by atoms with Gasteiger partial charge in [0, 0.05) is 17.5 Å². The summed E-state index contributed by atoms with van der Waals surface area (Å²) in [6.07, 6.45) is 0. The number of pyridine rings is 1. The van der Waals surface area contributed by atoms with Crippen molar-refractivity contribution in [2.45, 2.75) is 4.90 Å². The second-order valence-electron chi connectivity index (χ2n) is 3.28. The summed E-state index contributed by atoms with van der Waals surface area (Å²) in [5, 5.41) is 7.69. The molecule has 0 saturated heterocycles. The predicted octanol–water partition coefficient (Wildman–Crippen LogP) is 3.36. The van der Waals surface area contributed by atoms with Crippen molar-refractivity contribution >= 4 is 17.8 Å². The molecule has 0 amide bonds. The molecule has 1 aliphatic heterocycles. The Bertz CT molecular complexity index is 539. The van der Waals surface area contributed by atoms with E-state index in [1.54, 1.807) is 0 Å². The molecule has 1 aliphatic rings. The SMILES string of the molecule is c1ccc(-c2ccc3c(n2)N=NNS3)cc1. The van der Waals surface area contributed by atoms with Crippen molar-refractivity contribution in [1.29, 1.82) is 0 Å². The van der Waals surface area contributed by atoms with Gasteiger partial charge < -0.3 is 0 Å². The minimum Gasteiger partial charge on any atom is -0.228 e. The fourth-order valence-corrected chi connectivity index (χ4v) is 1.99. The van der Waals surface area contributed by atoms with E-state index in [-0.39, 0.29) is 0 Å². The van der Waals surface area contributed by atoms with Crippen LogP contribution in [0.4, 0.5) is 5.82 Å². The van der Waals surface area contributed by atoms with Crippen molar-refractivity contribution in [3.63, 3.8) is 0 Å². The monoisotopic (exact) mass is 228 g/mol. The van der Waals surface area contributed by atoms with Crippen LogP contribution in [-0.4, -0.2) is 4.98 Å². The van der Waals surface area contributed by atoms with Gasteiger partial charge in [0.2, 0.25) is 0 Å². The minimum absolute atomic E-state index is 0.671. The van der Waals surface area contributed by atoms with E-state index in [2.05, 4.69) is 20.2 Å². The van der Waals surface area contributed by atoms with E-state index in [4.69, 9.17) is 0 Å². The van der Waals surface area contributed by atoms with Crippen molar-refractivity contribution in [1.82, 2.24) is 9.82 Å². The predicted molar refractivity (Wildman–Crippen MR) is 63.2 cm³/mol. The number of hydrogen-bond donors (Lipinski definition) is 1. The minimum atomic E-state index is 0.671. The van der Waals surface area contributed by atoms with E-state index in [9.17, 15) is 0 Å². The zero-order valence-corrected chi connectivity index (χ0v) is 9.11. The Morgan fingerprint density at radius 3 is 2.75 bits per heavy atom. The maximum atomic E-state index is 4.46. The molecule has 1 aromatic heterocycles. The average Bonchev–Trinajstić information content (AvgIpc) is 2.39. The Labute approximate surface area is 96.9 Å². The Morgan fingerprint density at radius 1 is 1.00 bits per heavy atom. The molecule has 0 aliphatic carbocycles. The van der Waals surface area contributed by atoms with E-state index in [1.165, 1.54) is 11.9 Å². The van der Waals surface area contributed by atoms with Crippen LogP contribution in [0.1, 0.15) is 0 Å². The van der Waals surface area contributed by atoms with Gasteiger partial charge in [-0.1, -0.05) is 35.6 Å². The Hall–Kier alpha value is -1.88. The van der Waals surface area contributed by atoms with Crippen LogP contribution in [0.5, 0.6) is 0 Å². The number of rotatable bonds is 1. The molecule has 2 aromatic rings. The fourth-order valence-electron chi connectivity index (χ4n) is 1.49. The van der Waals surface area contributed by atoms with E-state index < -0.39 is 0 Å². The lowest BCUT2D eigenvalue weighted by Crippen LogP contribution is -1.97. The number of fused-ring (bicyclic) bond motifs is 1. The highest BCUT2D eigenvalue weighted by Gasteiger charge is 2.10. The summed E-state index contributed by atoms with van der Waals surface area (Å²) >= 11 is 1.42. The van der Waals surface area contributed by atoms with Gasteiger partial charge in [0.15, 0.2) is 5.82 Å². The highest BCUT2D eigenvalue weighted by atomic mass is 32.2. The van der Waals surface area contributed by atoms with Crippen LogP contribution < -0.4 is 4.83 Å². The second kappa shape index (κ2) is 3.94. The molecule has 5 heteroatoms. The van der Waals surface area contributed by atoms with Gasteiger partial charge in [-0.3, -0.25) is 0 Å². The molecule has 0 bridgehead atoms. The molecule has 0 atom stereocenters. The summed E-state index contributed by atoms with van der Waals surface area (Å²) < 4.78 is 0. The average molecular weight is 228 g/mol. The third-order valence-corrected chi connectivity index (χ3v) is 2.96. The first kappa shape index (κ1) is 9.35. The van der Waals surface area contributed by atoms with Crippen LogP contribution in [0.15, 0.2) is 57.7 Å². The van der Waals surface area contributed by atoms with Gasteiger partial charge in [-0.25, -0.2) is 9.82 Å². The molecular weight excluding hydrogens is 220 g/mol. The van der Waals surface area contributed by atoms with Crippen LogP contribution in [0, 0.1) is 0 Å². The van der Waals surface area contributed by atoms with Gasteiger partial charge in [-0.15, -0.1) is 5.11 Å². The molecule has 4 nitrogen and oxygen atoms in total. The third kappa shape index (κ3) is 1.65. The quantitative estimate of drug-likeness (QED) is 0.761. The lowest BCUT2D eigenvalue weighted by molar-refractivity contribution is 0.922. The van der Waals surface area contributed by atoms with E-state index in [0.29, 0.717) is 5.82 Å². The van der Waals surface area contributed by atoms with Crippen LogP contribution in [0.25, 0.3) is 11.3 Å². The molecule has 78 valence electrons. The lowest BCUT2D eigenvalue weighted by Gasteiger charge is -2.09. The molecule has 0 saturated carbocycles. The standard InChI is InChI=1S/C11H8N4S/c1-2-4-8(5-3-1)9-6-7-10-11(12-9)13-14-15-16-10/h1-7H,(H,12,13,15). The van der Waals surface area contributed by atoms with Gasteiger partial charge >= 0.3 is 0 Å². The summed E-state index contributed by atoms with van der Waals surface area (Å²) in [5.41, 5.74) is 2.00. The molecular formula is C11H8N4S. The zero-order valence-electron chi connectivity index (χ0n) is 8.29. The Morgan fingerprint density at radius 2 is 1.88 bits per heavy atom. The van der Waals surface area contributed by atoms with Gasteiger partial charge in [0.05, 0.1) is 10.6 Å². The fraction of sp³-hybridized carbons (Fsp3) is 0. The first-order chi connectivity index (χ1) is 7.93. The van der Waals surface area contributed by atoms with Crippen molar-refractivity contribution in [3.05, 3.63) is 42.5 Å². The number of benzene rings is 1. The van der Waals surface area contributed by atoms with Gasteiger partial charge in [0.25, 0.3) is 0 Å². The highest BCUT2D eigenvalue weighted by Crippen LogP contribution is 2.31. The van der Waals surface area contributed by atoms with Crippen LogP contribution in [0.3, 0.4) is 0 Å². The molecule has 0 radical (unpaired) electrons. The molecule has 0 spiro atoms. The molecule has 0 fully saturated rings. The second-order valence-corrected chi connectivity index (χ2v) is 4.10. The molecule has 16 heavy (non-hydrogen) atoms. The van der Waals surface area contributed by atoms with E-state index >= 15 is 0 Å². The largest absolute Gasteiger partial charge is 0.228 e. The smallest absolute Gasteiger partial charge is 0.192 e. The lowest BCUT2D eigenvalue weighted by atomic mass is 10.1. The van der Waals surface area contributed by atoms with Crippen molar-refractivity contribution in [2.24, 2.45) is 10.3 Å². The summed E-state index contributed by atoms with van der Waals surface area (Å²) in [4.78, 5) is 8.19. The molecule has 1 N–H and O–H groups in total. The normalized spacial score (nSPS) is 13.0. The number of hydrogen-bond acceptors (Lipinski definition) is 5. The molecule has 2 heterocycles. The van der Waals surface area contributed by atoms with Crippen LogP contribution >= 0.6 is 11.9 Å². The van der Waals surface area contributed by atoms with Crippen molar-refractivity contribution in [3.8, 4) is 11.3 Å². The van der Waals surface area contributed by atoms with Crippen molar-refractivity contribution in [2.75, 3.05) is 0 Å². The summed E-state index contributed by atoms with van der Waals surface area (Å²) in [6, 6.07) is 14.0. The molecule has 1 aromatic carbocycles.